The molecule has 1 saturated heterocycles. The quantitative estimate of drug-likeness (QED) is 0.562. The van der Waals surface area contributed by atoms with Gasteiger partial charge in [-0.3, -0.25) is 4.79 Å². The summed E-state index contributed by atoms with van der Waals surface area (Å²) in [5.74, 6) is 1.43. The first-order chi connectivity index (χ1) is 10.3. The van der Waals surface area contributed by atoms with Crippen LogP contribution in [0.2, 0.25) is 0 Å². The van der Waals surface area contributed by atoms with Crippen molar-refractivity contribution in [2.24, 2.45) is 0 Å². The molecule has 0 aromatic carbocycles. The van der Waals surface area contributed by atoms with Crippen LogP contribution >= 0.6 is 23.1 Å². The van der Waals surface area contributed by atoms with Gasteiger partial charge in [-0.1, -0.05) is 51.5 Å². The lowest BCUT2D eigenvalue weighted by Gasteiger charge is -2.23. The van der Waals surface area contributed by atoms with Gasteiger partial charge in [0.2, 0.25) is 5.91 Å². The molecule has 1 amide bonds. The smallest absolute Gasteiger partial charge is 0.223 e. The average Bonchev–Trinajstić information content (AvgIpc) is 3.16. The van der Waals surface area contributed by atoms with Gasteiger partial charge in [0.1, 0.15) is 5.37 Å². The second-order valence-electron chi connectivity index (χ2n) is 5.70. The molecule has 0 aliphatic carbocycles. The van der Waals surface area contributed by atoms with Gasteiger partial charge >= 0.3 is 0 Å². The third kappa shape index (κ3) is 5.33. The molecule has 2 heterocycles. The summed E-state index contributed by atoms with van der Waals surface area (Å²) in [5.41, 5.74) is 0. The first kappa shape index (κ1) is 16.9. The molecule has 1 atom stereocenters. The van der Waals surface area contributed by atoms with E-state index in [4.69, 9.17) is 0 Å². The summed E-state index contributed by atoms with van der Waals surface area (Å²) >= 11 is 3.67. The standard InChI is InChI=1S/C17H27NOS2/c1-2-3-4-5-6-7-8-11-16(19)18-12-14-21-17(18)15-10-9-13-20-15/h9-10,13,17H,2-8,11-12,14H2,1H3. The van der Waals surface area contributed by atoms with Gasteiger partial charge in [0.15, 0.2) is 0 Å². The summed E-state index contributed by atoms with van der Waals surface area (Å²) in [6, 6.07) is 4.24. The lowest BCUT2D eigenvalue weighted by Crippen LogP contribution is -2.29. The predicted octanol–water partition coefficient (Wildman–Crippen LogP) is 5.46. The Hall–Kier alpha value is -0.480. The Kier molecular flexibility index (Phi) is 7.65. The largest absolute Gasteiger partial charge is 0.325 e. The molecule has 118 valence electrons. The fourth-order valence-corrected chi connectivity index (χ4v) is 5.03. The second kappa shape index (κ2) is 9.52. The fourth-order valence-electron chi connectivity index (χ4n) is 2.77. The van der Waals surface area contributed by atoms with E-state index in [0.29, 0.717) is 5.91 Å². The van der Waals surface area contributed by atoms with Crippen molar-refractivity contribution in [1.29, 1.82) is 0 Å². The van der Waals surface area contributed by atoms with Crippen molar-refractivity contribution in [3.8, 4) is 0 Å². The molecular formula is C17H27NOS2. The topological polar surface area (TPSA) is 20.3 Å². The highest BCUT2D eigenvalue weighted by molar-refractivity contribution is 7.99. The maximum atomic E-state index is 12.4. The number of hydrogen-bond donors (Lipinski definition) is 0. The van der Waals surface area contributed by atoms with E-state index in [-0.39, 0.29) is 5.37 Å². The normalized spacial score (nSPS) is 18.3. The Balaban J connectivity index is 1.66. The van der Waals surface area contributed by atoms with E-state index in [9.17, 15) is 4.79 Å². The van der Waals surface area contributed by atoms with Gasteiger partial charge in [-0.2, -0.15) is 0 Å². The van der Waals surface area contributed by atoms with Crippen molar-refractivity contribution in [3.63, 3.8) is 0 Å². The van der Waals surface area contributed by atoms with E-state index in [2.05, 4.69) is 29.3 Å². The minimum atomic E-state index is 0.280. The van der Waals surface area contributed by atoms with Crippen molar-refractivity contribution >= 4 is 29.0 Å². The van der Waals surface area contributed by atoms with Crippen molar-refractivity contribution < 1.29 is 4.79 Å². The highest BCUT2D eigenvalue weighted by atomic mass is 32.2. The second-order valence-corrected chi connectivity index (χ2v) is 7.86. The van der Waals surface area contributed by atoms with Crippen LogP contribution in [0, 0.1) is 0 Å². The summed E-state index contributed by atoms with van der Waals surface area (Å²) in [7, 11) is 0. The highest BCUT2D eigenvalue weighted by Gasteiger charge is 2.30. The number of thiophene rings is 1. The fraction of sp³-hybridized carbons (Fsp3) is 0.706. The molecule has 1 fully saturated rings. The van der Waals surface area contributed by atoms with Gasteiger partial charge in [-0.05, 0) is 17.9 Å². The number of thioether (sulfide) groups is 1. The Bertz CT molecular complexity index is 405. The summed E-state index contributed by atoms with van der Waals surface area (Å²) < 4.78 is 0. The van der Waals surface area contributed by atoms with Gasteiger partial charge in [0, 0.05) is 23.6 Å². The molecule has 0 saturated carbocycles. The van der Waals surface area contributed by atoms with Crippen LogP contribution < -0.4 is 0 Å². The number of hydrogen-bond acceptors (Lipinski definition) is 3. The van der Waals surface area contributed by atoms with E-state index in [1.807, 2.05) is 11.8 Å². The van der Waals surface area contributed by atoms with Crippen LogP contribution in [-0.4, -0.2) is 23.1 Å². The zero-order valence-corrected chi connectivity index (χ0v) is 14.7. The SMILES string of the molecule is CCCCCCCCCC(=O)N1CCSC1c1cccs1. The molecule has 1 aromatic heterocycles. The van der Waals surface area contributed by atoms with Crippen LogP contribution in [0.1, 0.15) is 68.5 Å². The van der Waals surface area contributed by atoms with E-state index >= 15 is 0 Å². The summed E-state index contributed by atoms with van der Waals surface area (Å²) in [6.45, 7) is 3.17. The summed E-state index contributed by atoms with van der Waals surface area (Å²) in [5, 5.41) is 2.38. The maximum Gasteiger partial charge on any atom is 0.223 e. The average molecular weight is 326 g/mol. The van der Waals surface area contributed by atoms with Crippen molar-refractivity contribution in [2.75, 3.05) is 12.3 Å². The highest BCUT2D eigenvalue weighted by Crippen LogP contribution is 2.40. The third-order valence-corrected chi connectivity index (χ3v) is 6.31. The van der Waals surface area contributed by atoms with Crippen LogP contribution in [0.25, 0.3) is 0 Å². The van der Waals surface area contributed by atoms with Crippen LogP contribution in [0.15, 0.2) is 17.5 Å². The van der Waals surface area contributed by atoms with E-state index in [1.165, 1.54) is 43.4 Å². The van der Waals surface area contributed by atoms with Crippen LogP contribution in [0.4, 0.5) is 0 Å². The number of rotatable bonds is 9. The third-order valence-electron chi connectivity index (χ3n) is 3.99. The lowest BCUT2D eigenvalue weighted by atomic mass is 10.1. The molecule has 4 heteroatoms. The molecule has 0 bridgehead atoms. The molecule has 1 aliphatic heterocycles. The molecule has 0 spiro atoms. The molecule has 1 aliphatic rings. The van der Waals surface area contributed by atoms with Gasteiger partial charge in [0.05, 0.1) is 0 Å². The lowest BCUT2D eigenvalue weighted by molar-refractivity contribution is -0.131. The van der Waals surface area contributed by atoms with Gasteiger partial charge < -0.3 is 4.90 Å². The van der Waals surface area contributed by atoms with Crippen LogP contribution in [-0.2, 0) is 4.79 Å². The molecule has 21 heavy (non-hydrogen) atoms. The molecule has 2 nitrogen and oxygen atoms in total. The predicted molar refractivity (Wildman–Crippen MR) is 93.8 cm³/mol. The number of amides is 1. The van der Waals surface area contributed by atoms with Gasteiger partial charge in [-0.25, -0.2) is 0 Å². The number of carbonyl (C=O) groups is 1. The number of carbonyl (C=O) groups excluding carboxylic acids is 1. The molecule has 0 N–H and O–H groups in total. The van der Waals surface area contributed by atoms with E-state index in [1.54, 1.807) is 11.3 Å². The Morgan fingerprint density at radius 3 is 2.71 bits per heavy atom. The summed E-state index contributed by atoms with van der Waals surface area (Å²) in [4.78, 5) is 15.8. The molecule has 1 unspecified atom stereocenters. The van der Waals surface area contributed by atoms with Crippen molar-refractivity contribution in [2.45, 2.75) is 63.7 Å². The van der Waals surface area contributed by atoms with E-state index < -0.39 is 0 Å². The van der Waals surface area contributed by atoms with Crippen LogP contribution in [0.5, 0.6) is 0 Å². The van der Waals surface area contributed by atoms with Crippen molar-refractivity contribution in [1.82, 2.24) is 4.90 Å². The zero-order valence-electron chi connectivity index (χ0n) is 13.1. The van der Waals surface area contributed by atoms with E-state index in [0.717, 1.165) is 25.1 Å². The Morgan fingerprint density at radius 1 is 1.24 bits per heavy atom. The molecular weight excluding hydrogens is 298 g/mol. The monoisotopic (exact) mass is 325 g/mol. The minimum absolute atomic E-state index is 0.280. The molecule has 2 rings (SSSR count). The van der Waals surface area contributed by atoms with Crippen molar-refractivity contribution in [3.05, 3.63) is 22.4 Å². The first-order valence-corrected chi connectivity index (χ1v) is 10.2. The van der Waals surface area contributed by atoms with Gasteiger partial charge in [0.25, 0.3) is 0 Å². The molecule has 0 radical (unpaired) electrons. The van der Waals surface area contributed by atoms with Gasteiger partial charge in [-0.15, -0.1) is 23.1 Å². The first-order valence-electron chi connectivity index (χ1n) is 8.27. The number of nitrogens with zero attached hydrogens (tertiary/aromatic N) is 1. The van der Waals surface area contributed by atoms with Crippen LogP contribution in [0.3, 0.4) is 0 Å². The minimum Gasteiger partial charge on any atom is -0.325 e. The molecule has 1 aromatic rings. The Labute approximate surface area is 137 Å². The maximum absolute atomic E-state index is 12.4. The zero-order chi connectivity index (χ0) is 14.9. The summed E-state index contributed by atoms with van der Waals surface area (Å²) in [6.07, 6.45) is 9.63. The number of unbranched alkanes of at least 4 members (excludes halogenated alkanes) is 6. The Morgan fingerprint density at radius 2 is 2.00 bits per heavy atom.